The van der Waals surface area contributed by atoms with Crippen molar-refractivity contribution in [2.24, 2.45) is 17.8 Å². The van der Waals surface area contributed by atoms with Gasteiger partial charge in [0.15, 0.2) is 44.5 Å². The Kier molecular flexibility index (Phi) is 8.50. The summed E-state index contributed by atoms with van der Waals surface area (Å²) >= 11 is 14.3. The Morgan fingerprint density at radius 3 is 2.00 bits per heavy atom. The molecule has 16 heteroatoms. The molecule has 4 aromatic rings. The maximum absolute atomic E-state index is 15.3. The van der Waals surface area contributed by atoms with Gasteiger partial charge in [-0.05, 0) is 72.9 Å². The van der Waals surface area contributed by atoms with Crippen molar-refractivity contribution in [3.63, 3.8) is 0 Å². The van der Waals surface area contributed by atoms with Crippen LogP contribution >= 0.6 is 23.2 Å². The first kappa shape index (κ1) is 36.5. The molecule has 0 radical (unpaired) electrons. The molecule has 2 aliphatic carbocycles. The zero-order valence-electron chi connectivity index (χ0n) is 28.3. The van der Waals surface area contributed by atoms with Crippen LogP contribution in [0.2, 0.25) is 0 Å². The van der Waals surface area contributed by atoms with Crippen LogP contribution < -0.4 is 19.9 Å². The van der Waals surface area contributed by atoms with Crippen molar-refractivity contribution in [3.05, 3.63) is 119 Å². The minimum atomic E-state index is -2.73. The summed E-state index contributed by atoms with van der Waals surface area (Å²) in [7, 11) is 1.27. The number of fused-ring (bicyclic) bond motifs is 4. The van der Waals surface area contributed by atoms with E-state index in [1.165, 1.54) is 19.2 Å². The zero-order valence-corrected chi connectivity index (χ0v) is 29.8. The summed E-state index contributed by atoms with van der Waals surface area (Å²) in [5.41, 5.74) is 0.100. The number of anilines is 4. The number of nitrogens with zero attached hydrogens (tertiary/aromatic N) is 2. The van der Waals surface area contributed by atoms with Crippen LogP contribution in [0, 0.1) is 46.8 Å². The Morgan fingerprint density at radius 1 is 0.764 bits per heavy atom. The molecule has 4 amide bonds. The second-order valence-corrected chi connectivity index (χ2v) is 14.9. The van der Waals surface area contributed by atoms with E-state index in [-0.39, 0.29) is 33.9 Å². The molecule has 1 saturated carbocycles. The number of ether oxygens (including phenoxy) is 1. The van der Waals surface area contributed by atoms with Gasteiger partial charge in [0.05, 0.1) is 24.6 Å². The molecule has 6 atom stereocenters. The van der Waals surface area contributed by atoms with Gasteiger partial charge in [0.25, 0.3) is 11.8 Å². The average molecular weight is 799 g/mol. The number of amides is 4. The highest BCUT2D eigenvalue weighted by Gasteiger charge is 2.77. The molecule has 3 fully saturated rings. The number of para-hydroxylation sites is 1. The number of hydrogen-bond donors (Lipinski definition) is 2. The minimum absolute atomic E-state index is 0.0105. The zero-order chi connectivity index (χ0) is 39.3. The molecule has 55 heavy (non-hydrogen) atoms. The van der Waals surface area contributed by atoms with Crippen LogP contribution in [0.5, 0.6) is 11.5 Å². The van der Waals surface area contributed by atoms with E-state index in [0.717, 1.165) is 16.7 Å². The number of carbonyl (C=O) groups is 4. The third-order valence-electron chi connectivity index (χ3n) is 10.9. The lowest BCUT2D eigenvalue weighted by atomic mass is 9.56. The topological polar surface area (TPSA) is 116 Å². The van der Waals surface area contributed by atoms with Gasteiger partial charge in [-0.2, -0.15) is 0 Å². The number of benzene rings is 4. The van der Waals surface area contributed by atoms with Gasteiger partial charge in [-0.1, -0.05) is 35.9 Å². The van der Waals surface area contributed by atoms with Crippen LogP contribution in [-0.4, -0.2) is 45.6 Å². The lowest BCUT2D eigenvalue weighted by Gasteiger charge is -2.50. The van der Waals surface area contributed by atoms with E-state index in [0.29, 0.717) is 5.69 Å². The number of hydrogen-bond acceptors (Lipinski definition) is 7. The summed E-state index contributed by atoms with van der Waals surface area (Å²) in [6, 6.07) is 19.6. The quantitative estimate of drug-likeness (QED) is 0.0516. The van der Waals surface area contributed by atoms with Crippen molar-refractivity contribution < 1.29 is 51.0 Å². The molecule has 0 bridgehead atoms. The molecule has 0 spiro atoms. The number of aromatic hydroxyl groups is 1. The average Bonchev–Trinajstić information content (AvgIpc) is 3.51. The Morgan fingerprint density at radius 2 is 1.38 bits per heavy atom. The molecule has 2 N–H and O–H groups in total. The second-order valence-electron chi connectivity index (χ2n) is 13.7. The van der Waals surface area contributed by atoms with Crippen LogP contribution in [-0.2, 0) is 19.2 Å². The highest BCUT2D eigenvalue weighted by molar-refractivity contribution is 6.58. The molecule has 4 aliphatic rings. The highest BCUT2D eigenvalue weighted by Crippen LogP contribution is 2.66. The van der Waals surface area contributed by atoms with Crippen molar-refractivity contribution in [1.29, 1.82) is 0 Å². The summed E-state index contributed by atoms with van der Waals surface area (Å²) in [5.74, 6) is -22.1. The SMILES string of the molecule is COc1ccc([C@H]2C3=CC[C@@H]4C(=O)N(c5ccc(Nc6ccccc6)cc5)C(=O)[C@@H]4[C@@H]3C[C@@]3(Cl)C(=O)N(c4c(F)c(F)c(F)c(F)c4F)C(=O)[C@@]23Cl)cc1O. The van der Waals surface area contributed by atoms with Gasteiger partial charge in [0, 0.05) is 17.3 Å². The third-order valence-corrected chi connectivity index (χ3v) is 12.4. The van der Waals surface area contributed by atoms with E-state index in [1.807, 2.05) is 30.3 Å². The Hall–Kier alpha value is -5.47. The summed E-state index contributed by atoms with van der Waals surface area (Å²) in [4.78, 5) is 52.6. The van der Waals surface area contributed by atoms with E-state index >= 15 is 8.78 Å². The van der Waals surface area contributed by atoms with Gasteiger partial charge in [0.1, 0.15) is 5.69 Å². The van der Waals surface area contributed by atoms with Gasteiger partial charge in [0.2, 0.25) is 17.6 Å². The van der Waals surface area contributed by atoms with E-state index in [9.17, 15) is 37.5 Å². The normalized spacial score (nSPS) is 27.2. The highest BCUT2D eigenvalue weighted by atomic mass is 35.5. The summed E-state index contributed by atoms with van der Waals surface area (Å²) in [6.07, 6.45) is 0.862. The Bertz CT molecular complexity index is 2350. The fraction of sp³-hybridized carbons (Fsp3) is 0.231. The van der Waals surface area contributed by atoms with E-state index in [4.69, 9.17) is 27.9 Å². The second kappa shape index (κ2) is 12.8. The van der Waals surface area contributed by atoms with Crippen LogP contribution in [0.4, 0.5) is 44.7 Å². The van der Waals surface area contributed by atoms with Gasteiger partial charge < -0.3 is 15.2 Å². The summed E-state index contributed by atoms with van der Waals surface area (Å²) < 4.78 is 78.8. The van der Waals surface area contributed by atoms with E-state index in [2.05, 4.69) is 5.32 Å². The van der Waals surface area contributed by atoms with Crippen LogP contribution in [0.25, 0.3) is 0 Å². The smallest absolute Gasteiger partial charge is 0.258 e. The molecule has 2 aliphatic heterocycles. The number of phenols is 1. The maximum Gasteiger partial charge on any atom is 0.258 e. The van der Waals surface area contributed by atoms with Crippen molar-refractivity contribution in [2.75, 3.05) is 22.2 Å². The number of rotatable bonds is 6. The summed E-state index contributed by atoms with van der Waals surface area (Å²) in [5, 5.41) is 14.0. The Labute approximate surface area is 318 Å². The van der Waals surface area contributed by atoms with Crippen molar-refractivity contribution in [2.45, 2.75) is 28.5 Å². The number of allylic oxidation sites excluding steroid dienone is 2. The molecular weight excluding hydrogens is 772 g/mol. The summed E-state index contributed by atoms with van der Waals surface area (Å²) in [6.45, 7) is 0. The first-order valence-electron chi connectivity index (χ1n) is 16.8. The molecule has 9 nitrogen and oxygen atoms in total. The molecule has 2 heterocycles. The van der Waals surface area contributed by atoms with E-state index in [1.54, 1.807) is 30.3 Å². The fourth-order valence-corrected chi connectivity index (χ4v) is 9.40. The number of carbonyl (C=O) groups excluding carboxylic acids is 4. The number of imide groups is 2. The lowest BCUT2D eigenvalue weighted by molar-refractivity contribution is -0.125. The largest absolute Gasteiger partial charge is 0.504 e. The Balaban J connectivity index is 1.24. The molecule has 282 valence electrons. The predicted octanol–water partition coefficient (Wildman–Crippen LogP) is 7.61. The van der Waals surface area contributed by atoms with Crippen molar-refractivity contribution >= 4 is 69.6 Å². The molecule has 4 aromatic carbocycles. The fourth-order valence-electron chi connectivity index (χ4n) is 8.46. The molecule has 8 rings (SSSR count). The van der Waals surface area contributed by atoms with Gasteiger partial charge in [-0.25, -0.2) is 26.9 Å². The van der Waals surface area contributed by atoms with Gasteiger partial charge in [-0.3, -0.25) is 24.1 Å². The monoisotopic (exact) mass is 797 g/mol. The number of nitrogens with one attached hydrogen (secondary N) is 1. The van der Waals surface area contributed by atoms with Gasteiger partial charge >= 0.3 is 0 Å². The third kappa shape index (κ3) is 5.03. The van der Waals surface area contributed by atoms with Crippen molar-refractivity contribution in [3.8, 4) is 11.5 Å². The number of halogens is 7. The van der Waals surface area contributed by atoms with Crippen molar-refractivity contribution in [1.82, 2.24) is 0 Å². The van der Waals surface area contributed by atoms with Crippen LogP contribution in [0.3, 0.4) is 0 Å². The van der Waals surface area contributed by atoms with E-state index < -0.39 is 104 Å². The molecule has 2 saturated heterocycles. The molecule has 0 aromatic heterocycles. The first-order chi connectivity index (χ1) is 26.1. The number of alkyl halides is 2. The maximum atomic E-state index is 15.3. The van der Waals surface area contributed by atoms with Crippen LogP contribution in [0.1, 0.15) is 24.3 Å². The predicted molar refractivity (Wildman–Crippen MR) is 190 cm³/mol. The lowest BCUT2D eigenvalue weighted by Crippen LogP contribution is -2.60. The standard InChI is InChI=1S/C39H26Cl2F5N3O6/c1-55-25-14-7-17(15-24(25)50)27-21-12-13-22-26(35(52)48(34(22)51)20-10-8-19(9-11-20)47-18-5-3-2-4-6-18)23(21)16-38(40)36(53)49(37(54)39(27,38)41)33-31(45)29(43)28(42)30(44)32(33)46/h2-12,14-15,22-23,26-27,47,50H,13,16H2,1H3/t22-,23+,26-,27-,38+,39-/m0/s1. The first-order valence-corrected chi connectivity index (χ1v) is 17.6. The molecule has 0 unspecified atom stereocenters. The number of methoxy groups -OCH3 is 1. The minimum Gasteiger partial charge on any atom is -0.504 e. The van der Waals surface area contributed by atoms with Gasteiger partial charge in [-0.15, -0.1) is 23.2 Å². The number of phenolic OH excluding ortho intramolecular Hbond substituents is 1. The van der Waals surface area contributed by atoms with Crippen LogP contribution in [0.15, 0.2) is 84.4 Å². The molecular formula is C39H26Cl2F5N3O6.